The highest BCUT2D eigenvalue weighted by Gasteiger charge is 2.31. The summed E-state index contributed by atoms with van der Waals surface area (Å²) in [5, 5.41) is 8.30. The molecule has 0 saturated carbocycles. The summed E-state index contributed by atoms with van der Waals surface area (Å²) in [6.45, 7) is 6.75. The molecule has 2 N–H and O–H groups in total. The van der Waals surface area contributed by atoms with Crippen LogP contribution in [0.1, 0.15) is 26.7 Å². The van der Waals surface area contributed by atoms with E-state index >= 15 is 0 Å². The van der Waals surface area contributed by atoms with Crippen molar-refractivity contribution in [3.8, 4) is 0 Å². The number of benzene rings is 1. The Morgan fingerprint density at radius 2 is 2.10 bits per heavy atom. The van der Waals surface area contributed by atoms with Crippen LogP contribution in [-0.2, 0) is 0 Å². The van der Waals surface area contributed by atoms with E-state index in [2.05, 4.69) is 53.7 Å². The van der Waals surface area contributed by atoms with Crippen LogP contribution < -0.4 is 10.6 Å². The minimum Gasteiger partial charge on any atom is -0.368 e. The molecule has 1 atom stereocenters. The Labute approximate surface area is 120 Å². The first kappa shape index (κ1) is 13.4. The summed E-state index contributed by atoms with van der Waals surface area (Å²) in [6, 6.07) is 12.9. The van der Waals surface area contributed by atoms with Crippen molar-refractivity contribution in [2.75, 3.05) is 18.4 Å². The van der Waals surface area contributed by atoms with Crippen molar-refractivity contribution in [2.24, 2.45) is 5.41 Å². The van der Waals surface area contributed by atoms with Crippen molar-refractivity contribution >= 4 is 16.7 Å². The number of para-hydroxylation sites is 1. The zero-order valence-corrected chi connectivity index (χ0v) is 12.3. The number of pyridine rings is 1. The van der Waals surface area contributed by atoms with Crippen LogP contribution in [-0.4, -0.2) is 24.1 Å². The van der Waals surface area contributed by atoms with Gasteiger partial charge in [0, 0.05) is 18.0 Å². The predicted molar refractivity (Wildman–Crippen MR) is 85.0 cm³/mol. The second kappa shape index (κ2) is 5.41. The van der Waals surface area contributed by atoms with Crippen LogP contribution >= 0.6 is 0 Å². The molecule has 3 rings (SSSR count). The maximum Gasteiger partial charge on any atom is 0.126 e. The van der Waals surface area contributed by atoms with Crippen LogP contribution in [0.15, 0.2) is 36.4 Å². The number of aromatic nitrogens is 1. The van der Waals surface area contributed by atoms with E-state index in [0.717, 1.165) is 24.4 Å². The Morgan fingerprint density at radius 1 is 1.25 bits per heavy atom. The molecule has 1 aromatic heterocycles. The lowest BCUT2D eigenvalue weighted by Crippen LogP contribution is -2.50. The van der Waals surface area contributed by atoms with Gasteiger partial charge in [0.15, 0.2) is 0 Å². The van der Waals surface area contributed by atoms with Crippen LogP contribution in [0.25, 0.3) is 10.9 Å². The molecule has 2 heterocycles. The highest BCUT2D eigenvalue weighted by Crippen LogP contribution is 2.30. The van der Waals surface area contributed by atoms with Crippen molar-refractivity contribution in [1.29, 1.82) is 0 Å². The lowest BCUT2D eigenvalue weighted by molar-refractivity contribution is 0.188. The molecule has 0 radical (unpaired) electrons. The van der Waals surface area contributed by atoms with Gasteiger partial charge in [-0.2, -0.15) is 0 Å². The van der Waals surface area contributed by atoms with Gasteiger partial charge in [0.05, 0.1) is 5.52 Å². The van der Waals surface area contributed by atoms with Gasteiger partial charge in [0.25, 0.3) is 0 Å². The standard InChI is InChI=1S/C17H23N3/c1-17(2)10-5-11-18-15(17)12-19-16-9-8-13-6-3-4-7-14(13)20-16/h3-4,6-9,15,18H,5,10-12H2,1-2H3,(H,19,20). The van der Waals surface area contributed by atoms with Crippen LogP contribution in [0.3, 0.4) is 0 Å². The molecule has 0 bridgehead atoms. The normalized spacial score (nSPS) is 21.8. The zero-order valence-electron chi connectivity index (χ0n) is 12.3. The number of piperidine rings is 1. The van der Waals surface area contributed by atoms with Gasteiger partial charge in [-0.3, -0.25) is 0 Å². The van der Waals surface area contributed by atoms with Crippen molar-refractivity contribution in [2.45, 2.75) is 32.7 Å². The molecule has 1 saturated heterocycles. The highest BCUT2D eigenvalue weighted by atomic mass is 15.0. The van der Waals surface area contributed by atoms with Crippen molar-refractivity contribution in [3.63, 3.8) is 0 Å². The Morgan fingerprint density at radius 3 is 2.95 bits per heavy atom. The number of nitrogens with one attached hydrogen (secondary N) is 2. The van der Waals surface area contributed by atoms with E-state index in [4.69, 9.17) is 0 Å². The minimum atomic E-state index is 0.349. The molecule has 0 spiro atoms. The van der Waals surface area contributed by atoms with Gasteiger partial charge < -0.3 is 10.6 Å². The quantitative estimate of drug-likeness (QED) is 0.896. The van der Waals surface area contributed by atoms with Gasteiger partial charge in [0.1, 0.15) is 5.82 Å². The topological polar surface area (TPSA) is 37.0 Å². The van der Waals surface area contributed by atoms with Gasteiger partial charge >= 0.3 is 0 Å². The first-order valence-electron chi connectivity index (χ1n) is 7.48. The number of rotatable bonds is 3. The monoisotopic (exact) mass is 269 g/mol. The summed E-state index contributed by atoms with van der Waals surface area (Å²) in [7, 11) is 0. The van der Waals surface area contributed by atoms with E-state index in [1.54, 1.807) is 0 Å². The van der Waals surface area contributed by atoms with Gasteiger partial charge in [-0.1, -0.05) is 32.0 Å². The van der Waals surface area contributed by atoms with Gasteiger partial charge in [-0.15, -0.1) is 0 Å². The zero-order chi connectivity index (χ0) is 14.0. The molecule has 0 amide bonds. The molecule has 1 aliphatic rings. The van der Waals surface area contributed by atoms with E-state index < -0.39 is 0 Å². The first-order chi connectivity index (χ1) is 9.65. The fourth-order valence-electron chi connectivity index (χ4n) is 2.99. The molecule has 106 valence electrons. The molecule has 3 nitrogen and oxygen atoms in total. The van der Waals surface area contributed by atoms with Crippen LogP contribution in [0.4, 0.5) is 5.82 Å². The molecule has 1 unspecified atom stereocenters. The maximum absolute atomic E-state index is 4.67. The van der Waals surface area contributed by atoms with Crippen molar-refractivity contribution < 1.29 is 0 Å². The molecule has 2 aromatic rings. The second-order valence-electron chi connectivity index (χ2n) is 6.37. The second-order valence-corrected chi connectivity index (χ2v) is 6.37. The van der Waals surface area contributed by atoms with Gasteiger partial charge in [-0.25, -0.2) is 4.98 Å². The third-order valence-electron chi connectivity index (χ3n) is 4.42. The summed E-state index contributed by atoms with van der Waals surface area (Å²) in [5.41, 5.74) is 1.40. The summed E-state index contributed by atoms with van der Waals surface area (Å²) in [5.74, 6) is 0.965. The average molecular weight is 269 g/mol. The number of nitrogens with zero attached hydrogens (tertiary/aromatic N) is 1. The first-order valence-corrected chi connectivity index (χ1v) is 7.48. The fourth-order valence-corrected chi connectivity index (χ4v) is 2.99. The van der Waals surface area contributed by atoms with E-state index in [0.29, 0.717) is 11.5 Å². The molecule has 20 heavy (non-hydrogen) atoms. The lowest BCUT2D eigenvalue weighted by Gasteiger charge is -2.39. The summed E-state index contributed by atoms with van der Waals surface area (Å²) in [4.78, 5) is 4.67. The van der Waals surface area contributed by atoms with E-state index in [9.17, 15) is 0 Å². The van der Waals surface area contributed by atoms with Crippen LogP contribution in [0, 0.1) is 5.41 Å². The molecule has 1 fully saturated rings. The number of hydrogen-bond acceptors (Lipinski definition) is 3. The summed E-state index contributed by atoms with van der Waals surface area (Å²) < 4.78 is 0. The Kier molecular flexibility index (Phi) is 3.62. The molecule has 0 aliphatic carbocycles. The van der Waals surface area contributed by atoms with E-state index in [1.165, 1.54) is 18.2 Å². The smallest absolute Gasteiger partial charge is 0.126 e. The largest absolute Gasteiger partial charge is 0.368 e. The third kappa shape index (κ3) is 2.78. The Bertz CT molecular complexity index is 592. The summed E-state index contributed by atoms with van der Waals surface area (Å²) in [6.07, 6.45) is 2.56. The molecular weight excluding hydrogens is 246 g/mol. The van der Waals surface area contributed by atoms with Gasteiger partial charge in [0.2, 0.25) is 0 Å². The SMILES string of the molecule is CC1(C)CCCNC1CNc1ccc2ccccc2n1. The van der Waals surface area contributed by atoms with Gasteiger partial charge in [-0.05, 0) is 43.0 Å². The Hall–Kier alpha value is -1.61. The average Bonchev–Trinajstić information content (AvgIpc) is 2.45. The molecular formula is C17H23N3. The van der Waals surface area contributed by atoms with Crippen LogP contribution in [0.5, 0.6) is 0 Å². The Balaban J connectivity index is 1.70. The lowest BCUT2D eigenvalue weighted by atomic mass is 9.77. The van der Waals surface area contributed by atoms with Crippen molar-refractivity contribution in [3.05, 3.63) is 36.4 Å². The highest BCUT2D eigenvalue weighted by molar-refractivity contribution is 5.80. The number of anilines is 1. The minimum absolute atomic E-state index is 0.349. The fraction of sp³-hybridized carbons (Fsp3) is 0.471. The number of fused-ring (bicyclic) bond motifs is 1. The molecule has 1 aromatic carbocycles. The van der Waals surface area contributed by atoms with Crippen molar-refractivity contribution in [1.82, 2.24) is 10.3 Å². The molecule has 3 heteroatoms. The molecule has 1 aliphatic heterocycles. The van der Waals surface area contributed by atoms with E-state index in [1.807, 2.05) is 12.1 Å². The predicted octanol–water partition coefficient (Wildman–Crippen LogP) is 3.42. The number of hydrogen-bond donors (Lipinski definition) is 2. The van der Waals surface area contributed by atoms with E-state index in [-0.39, 0.29) is 0 Å². The maximum atomic E-state index is 4.67. The third-order valence-corrected chi connectivity index (χ3v) is 4.42. The summed E-state index contributed by atoms with van der Waals surface area (Å²) >= 11 is 0. The van der Waals surface area contributed by atoms with Crippen LogP contribution in [0.2, 0.25) is 0 Å².